The zero-order valence-corrected chi connectivity index (χ0v) is 10.7. The topological polar surface area (TPSA) is 62.2 Å². The van der Waals surface area contributed by atoms with Crippen molar-refractivity contribution in [2.45, 2.75) is 18.9 Å². The van der Waals surface area contributed by atoms with Crippen molar-refractivity contribution in [2.75, 3.05) is 5.32 Å². The number of carbonyl (C=O) groups is 1. The Hall–Kier alpha value is -2.20. The molecule has 1 aromatic carbocycles. The van der Waals surface area contributed by atoms with Gasteiger partial charge in [-0.3, -0.25) is 9.78 Å². The van der Waals surface area contributed by atoms with Gasteiger partial charge in [0.2, 0.25) is 5.91 Å². The van der Waals surface area contributed by atoms with Crippen molar-refractivity contribution in [1.82, 2.24) is 4.98 Å². The molecule has 0 bridgehead atoms. The van der Waals surface area contributed by atoms with Gasteiger partial charge in [0.25, 0.3) is 0 Å². The second-order valence-electron chi connectivity index (χ2n) is 4.60. The largest absolute Gasteiger partial charge is 0.385 e. The van der Waals surface area contributed by atoms with E-state index in [1.54, 1.807) is 43.6 Å². The number of hydrogen-bond donors (Lipinski definition) is 2. The number of pyridine rings is 1. The van der Waals surface area contributed by atoms with Gasteiger partial charge in [0, 0.05) is 18.1 Å². The molecule has 0 aliphatic rings. The number of aromatic nitrogens is 1. The van der Waals surface area contributed by atoms with Crippen LogP contribution < -0.4 is 5.32 Å². The maximum Gasteiger partial charge on any atom is 0.227 e. The molecule has 1 heterocycles. The van der Waals surface area contributed by atoms with E-state index in [4.69, 9.17) is 0 Å². The molecule has 0 aliphatic carbocycles. The second kappa shape index (κ2) is 5.63. The second-order valence-corrected chi connectivity index (χ2v) is 4.60. The maximum atomic E-state index is 11.9. The molecule has 0 radical (unpaired) electrons. The Morgan fingerprint density at radius 1 is 1.21 bits per heavy atom. The van der Waals surface area contributed by atoms with E-state index in [1.165, 1.54) is 0 Å². The summed E-state index contributed by atoms with van der Waals surface area (Å²) in [7, 11) is 0. The Morgan fingerprint density at radius 2 is 1.84 bits per heavy atom. The van der Waals surface area contributed by atoms with Gasteiger partial charge in [0.05, 0.1) is 12.0 Å². The summed E-state index contributed by atoms with van der Waals surface area (Å²) in [4.78, 5) is 15.8. The van der Waals surface area contributed by atoms with Crippen molar-refractivity contribution in [2.24, 2.45) is 0 Å². The van der Waals surface area contributed by atoms with Gasteiger partial charge in [-0.1, -0.05) is 30.3 Å². The first-order valence-electron chi connectivity index (χ1n) is 6.06. The normalized spacial score (nSPS) is 13.6. The van der Waals surface area contributed by atoms with Gasteiger partial charge in [-0.2, -0.15) is 0 Å². The van der Waals surface area contributed by atoms with Gasteiger partial charge in [0.1, 0.15) is 0 Å². The lowest BCUT2D eigenvalue weighted by atomic mass is 9.92. The molecule has 0 fully saturated rings. The number of amides is 1. The fraction of sp³-hybridized carbons (Fsp3) is 0.200. The van der Waals surface area contributed by atoms with Gasteiger partial charge in [-0.25, -0.2) is 0 Å². The fourth-order valence-electron chi connectivity index (χ4n) is 1.85. The minimum absolute atomic E-state index is 0.000659. The lowest BCUT2D eigenvalue weighted by molar-refractivity contribution is -0.120. The smallest absolute Gasteiger partial charge is 0.227 e. The Morgan fingerprint density at radius 3 is 2.47 bits per heavy atom. The quantitative estimate of drug-likeness (QED) is 0.882. The number of carbonyl (C=O) groups excluding carboxylic acids is 1. The van der Waals surface area contributed by atoms with Crippen LogP contribution in [0.4, 0.5) is 5.69 Å². The van der Waals surface area contributed by atoms with Crippen LogP contribution in [0.5, 0.6) is 0 Å². The van der Waals surface area contributed by atoms with Gasteiger partial charge in [0.15, 0.2) is 0 Å². The van der Waals surface area contributed by atoms with Crippen LogP contribution in [0.2, 0.25) is 0 Å². The van der Waals surface area contributed by atoms with Crippen molar-refractivity contribution in [3.05, 3.63) is 60.4 Å². The zero-order valence-electron chi connectivity index (χ0n) is 10.7. The summed E-state index contributed by atoms with van der Waals surface area (Å²) in [5, 5.41) is 13.1. The van der Waals surface area contributed by atoms with Crippen LogP contribution in [0.25, 0.3) is 0 Å². The Labute approximate surface area is 112 Å². The van der Waals surface area contributed by atoms with Crippen molar-refractivity contribution < 1.29 is 9.90 Å². The number of benzene rings is 1. The first-order chi connectivity index (χ1) is 9.08. The molecule has 1 aromatic heterocycles. The summed E-state index contributed by atoms with van der Waals surface area (Å²) in [5.41, 5.74) is 0.210. The molecule has 1 atom stereocenters. The SMILES string of the molecule is CC(O)(CC(=O)Nc1ccncc1)c1ccccc1. The lowest BCUT2D eigenvalue weighted by Crippen LogP contribution is -2.28. The van der Waals surface area contributed by atoms with E-state index in [9.17, 15) is 9.90 Å². The first-order valence-corrected chi connectivity index (χ1v) is 6.06. The number of aliphatic hydroxyl groups is 1. The molecule has 2 aromatic rings. The van der Waals surface area contributed by atoms with E-state index in [1.807, 2.05) is 18.2 Å². The zero-order chi connectivity index (χ0) is 13.7. The molecular formula is C15H16N2O2. The number of hydrogen-bond acceptors (Lipinski definition) is 3. The summed E-state index contributed by atoms with van der Waals surface area (Å²) in [6.45, 7) is 1.63. The molecule has 19 heavy (non-hydrogen) atoms. The van der Waals surface area contributed by atoms with Crippen LogP contribution in [0.3, 0.4) is 0 Å². The summed E-state index contributed by atoms with van der Waals surface area (Å²) in [6, 6.07) is 12.6. The average Bonchev–Trinajstić information content (AvgIpc) is 2.40. The van der Waals surface area contributed by atoms with Crippen LogP contribution in [0.15, 0.2) is 54.9 Å². The number of anilines is 1. The van der Waals surface area contributed by atoms with E-state index in [2.05, 4.69) is 10.3 Å². The molecule has 1 amide bonds. The summed E-state index contributed by atoms with van der Waals surface area (Å²) in [5.74, 6) is -0.236. The number of nitrogens with zero attached hydrogens (tertiary/aromatic N) is 1. The van der Waals surface area contributed by atoms with Gasteiger partial charge >= 0.3 is 0 Å². The molecule has 0 spiro atoms. The molecule has 2 N–H and O–H groups in total. The monoisotopic (exact) mass is 256 g/mol. The summed E-state index contributed by atoms with van der Waals surface area (Å²) in [6.07, 6.45) is 3.20. The Balaban J connectivity index is 2.02. The molecule has 2 rings (SSSR count). The van der Waals surface area contributed by atoms with Gasteiger partial charge in [-0.05, 0) is 24.6 Å². The third kappa shape index (κ3) is 3.63. The highest BCUT2D eigenvalue weighted by molar-refractivity contribution is 5.91. The highest BCUT2D eigenvalue weighted by atomic mass is 16.3. The predicted molar refractivity (Wildman–Crippen MR) is 73.5 cm³/mol. The highest BCUT2D eigenvalue weighted by Gasteiger charge is 2.26. The van der Waals surface area contributed by atoms with Gasteiger partial charge < -0.3 is 10.4 Å². The van der Waals surface area contributed by atoms with Crippen LogP contribution >= 0.6 is 0 Å². The third-order valence-corrected chi connectivity index (χ3v) is 2.86. The van der Waals surface area contributed by atoms with Crippen LogP contribution in [-0.4, -0.2) is 16.0 Å². The van der Waals surface area contributed by atoms with E-state index in [0.717, 1.165) is 5.56 Å². The Bertz CT molecular complexity index is 539. The third-order valence-electron chi connectivity index (χ3n) is 2.86. The molecule has 98 valence electrons. The Kier molecular flexibility index (Phi) is 3.92. The van der Waals surface area contributed by atoms with E-state index in [0.29, 0.717) is 5.69 Å². The van der Waals surface area contributed by atoms with Crippen molar-refractivity contribution in [3.8, 4) is 0 Å². The maximum absolute atomic E-state index is 11.9. The van der Waals surface area contributed by atoms with E-state index in [-0.39, 0.29) is 12.3 Å². The van der Waals surface area contributed by atoms with E-state index < -0.39 is 5.60 Å². The van der Waals surface area contributed by atoms with Crippen molar-refractivity contribution >= 4 is 11.6 Å². The van der Waals surface area contributed by atoms with Crippen LogP contribution in [0, 0.1) is 0 Å². The van der Waals surface area contributed by atoms with E-state index >= 15 is 0 Å². The fourth-order valence-corrected chi connectivity index (χ4v) is 1.85. The molecule has 4 nitrogen and oxygen atoms in total. The summed E-state index contributed by atoms with van der Waals surface area (Å²) >= 11 is 0. The number of rotatable bonds is 4. The standard InChI is InChI=1S/C15H16N2O2/c1-15(19,12-5-3-2-4-6-12)11-14(18)17-13-7-9-16-10-8-13/h2-10,19H,11H2,1H3,(H,16,17,18). The molecular weight excluding hydrogens is 240 g/mol. The highest BCUT2D eigenvalue weighted by Crippen LogP contribution is 2.24. The van der Waals surface area contributed by atoms with Gasteiger partial charge in [-0.15, -0.1) is 0 Å². The molecule has 0 saturated heterocycles. The van der Waals surface area contributed by atoms with Crippen molar-refractivity contribution in [1.29, 1.82) is 0 Å². The first kappa shape index (κ1) is 13.2. The minimum atomic E-state index is -1.18. The predicted octanol–water partition coefficient (Wildman–Crippen LogP) is 2.32. The lowest BCUT2D eigenvalue weighted by Gasteiger charge is -2.23. The number of nitrogens with one attached hydrogen (secondary N) is 1. The minimum Gasteiger partial charge on any atom is -0.385 e. The molecule has 4 heteroatoms. The van der Waals surface area contributed by atoms with Crippen molar-refractivity contribution in [3.63, 3.8) is 0 Å². The van der Waals surface area contributed by atoms with Crippen LogP contribution in [0.1, 0.15) is 18.9 Å². The molecule has 0 saturated carbocycles. The average molecular weight is 256 g/mol. The van der Waals surface area contributed by atoms with Crippen LogP contribution in [-0.2, 0) is 10.4 Å². The molecule has 1 unspecified atom stereocenters. The molecule has 0 aliphatic heterocycles. The summed E-state index contributed by atoms with van der Waals surface area (Å²) < 4.78 is 0.